The molecule has 2 saturated carbocycles. The highest BCUT2D eigenvalue weighted by Crippen LogP contribution is 2.38. The minimum Gasteiger partial charge on any atom is -0.300 e. The second kappa shape index (κ2) is 4.29. The quantitative estimate of drug-likeness (QED) is 0.612. The van der Waals surface area contributed by atoms with Gasteiger partial charge < -0.3 is 0 Å². The Bertz CT molecular complexity index is 236. The molecule has 2 fully saturated rings. The van der Waals surface area contributed by atoms with Crippen LogP contribution in [0.3, 0.4) is 0 Å². The van der Waals surface area contributed by atoms with Gasteiger partial charge in [-0.2, -0.15) is 0 Å². The summed E-state index contributed by atoms with van der Waals surface area (Å²) in [5.74, 6) is 1.73. The molecule has 0 aromatic heterocycles. The van der Waals surface area contributed by atoms with Crippen molar-refractivity contribution >= 4 is 5.78 Å². The van der Waals surface area contributed by atoms with Crippen molar-refractivity contribution in [2.75, 3.05) is 0 Å². The lowest BCUT2D eigenvalue weighted by molar-refractivity contribution is -0.121. The van der Waals surface area contributed by atoms with Crippen LogP contribution in [-0.4, -0.2) is 5.78 Å². The minimum absolute atomic E-state index is 0.459. The molecule has 1 unspecified atom stereocenters. The van der Waals surface area contributed by atoms with Gasteiger partial charge in [-0.05, 0) is 37.5 Å². The number of hydrogen-bond acceptors (Lipinski definition) is 1. The standard InChI is InChI=1S/C13H20O/c1-10(11-5-2-3-6-11)12-7-4-8-13(14)9-12/h11-12H,1-9H2. The first-order valence-electron chi connectivity index (χ1n) is 5.98. The first-order valence-corrected chi connectivity index (χ1v) is 5.98. The Morgan fingerprint density at radius 3 is 2.36 bits per heavy atom. The molecule has 2 rings (SSSR count). The first-order chi connectivity index (χ1) is 6.77. The smallest absolute Gasteiger partial charge is 0.133 e. The van der Waals surface area contributed by atoms with Gasteiger partial charge >= 0.3 is 0 Å². The van der Waals surface area contributed by atoms with Crippen molar-refractivity contribution in [3.63, 3.8) is 0 Å². The molecule has 0 saturated heterocycles. The van der Waals surface area contributed by atoms with Crippen molar-refractivity contribution in [2.45, 2.75) is 51.4 Å². The monoisotopic (exact) mass is 192 g/mol. The summed E-state index contributed by atoms with van der Waals surface area (Å²) in [7, 11) is 0. The Kier molecular flexibility index (Phi) is 3.05. The van der Waals surface area contributed by atoms with Crippen LogP contribution in [-0.2, 0) is 4.79 Å². The minimum atomic E-state index is 0.459. The predicted molar refractivity (Wildman–Crippen MR) is 58.1 cm³/mol. The molecule has 0 aliphatic heterocycles. The zero-order valence-corrected chi connectivity index (χ0v) is 8.93. The first kappa shape index (κ1) is 9.95. The van der Waals surface area contributed by atoms with E-state index < -0.39 is 0 Å². The average Bonchev–Trinajstić information content (AvgIpc) is 2.69. The fourth-order valence-corrected chi connectivity index (χ4v) is 2.97. The van der Waals surface area contributed by atoms with Gasteiger partial charge in [0.05, 0.1) is 0 Å². The average molecular weight is 192 g/mol. The van der Waals surface area contributed by atoms with E-state index in [9.17, 15) is 4.79 Å². The van der Waals surface area contributed by atoms with Crippen LogP contribution in [0.15, 0.2) is 12.2 Å². The van der Waals surface area contributed by atoms with Crippen LogP contribution in [0.4, 0.5) is 0 Å². The molecule has 1 nitrogen and oxygen atoms in total. The summed E-state index contributed by atoms with van der Waals surface area (Å²) >= 11 is 0. The Morgan fingerprint density at radius 2 is 1.71 bits per heavy atom. The van der Waals surface area contributed by atoms with Gasteiger partial charge in [0.15, 0.2) is 0 Å². The SMILES string of the molecule is C=C(C1CCCC1)C1CCCC(=O)C1. The van der Waals surface area contributed by atoms with Gasteiger partial charge in [0.1, 0.15) is 5.78 Å². The predicted octanol–water partition coefficient (Wildman–Crippen LogP) is 3.49. The van der Waals surface area contributed by atoms with E-state index >= 15 is 0 Å². The molecule has 78 valence electrons. The molecule has 0 aromatic carbocycles. The maximum Gasteiger partial charge on any atom is 0.133 e. The van der Waals surface area contributed by atoms with Gasteiger partial charge in [-0.3, -0.25) is 4.79 Å². The molecule has 2 aliphatic carbocycles. The van der Waals surface area contributed by atoms with Gasteiger partial charge in [-0.1, -0.05) is 25.0 Å². The van der Waals surface area contributed by atoms with Crippen LogP contribution in [0, 0.1) is 11.8 Å². The Labute approximate surface area is 86.6 Å². The number of Topliss-reactive ketones (excluding diaryl/α,β-unsaturated/α-hetero) is 1. The van der Waals surface area contributed by atoms with Gasteiger partial charge in [0.25, 0.3) is 0 Å². The van der Waals surface area contributed by atoms with Crippen LogP contribution < -0.4 is 0 Å². The molecule has 14 heavy (non-hydrogen) atoms. The van der Waals surface area contributed by atoms with Crippen molar-refractivity contribution in [1.29, 1.82) is 0 Å². The molecule has 0 bridgehead atoms. The summed E-state index contributed by atoms with van der Waals surface area (Å²) in [4.78, 5) is 11.4. The van der Waals surface area contributed by atoms with Crippen LogP contribution >= 0.6 is 0 Å². The zero-order valence-electron chi connectivity index (χ0n) is 8.93. The van der Waals surface area contributed by atoms with Crippen LogP contribution in [0.1, 0.15) is 51.4 Å². The molecule has 0 amide bonds. The fraction of sp³-hybridized carbons (Fsp3) is 0.769. The molecule has 0 spiro atoms. The highest BCUT2D eigenvalue weighted by Gasteiger charge is 2.27. The van der Waals surface area contributed by atoms with E-state index in [4.69, 9.17) is 0 Å². The summed E-state index contributed by atoms with van der Waals surface area (Å²) in [5.41, 5.74) is 1.40. The highest BCUT2D eigenvalue weighted by atomic mass is 16.1. The van der Waals surface area contributed by atoms with Gasteiger partial charge in [-0.25, -0.2) is 0 Å². The van der Waals surface area contributed by atoms with Gasteiger partial charge in [-0.15, -0.1) is 0 Å². The largest absolute Gasteiger partial charge is 0.300 e. The van der Waals surface area contributed by atoms with E-state index in [0.29, 0.717) is 11.7 Å². The van der Waals surface area contributed by atoms with E-state index in [0.717, 1.165) is 25.2 Å². The number of hydrogen-bond donors (Lipinski definition) is 0. The van der Waals surface area contributed by atoms with E-state index in [1.165, 1.54) is 37.7 Å². The van der Waals surface area contributed by atoms with Crippen molar-refractivity contribution in [1.82, 2.24) is 0 Å². The molecule has 2 aliphatic rings. The lowest BCUT2D eigenvalue weighted by atomic mass is 9.78. The Hall–Kier alpha value is -0.590. The maximum absolute atomic E-state index is 11.4. The van der Waals surface area contributed by atoms with Crippen molar-refractivity contribution in [2.24, 2.45) is 11.8 Å². The Morgan fingerprint density at radius 1 is 1.07 bits per heavy atom. The number of carbonyl (C=O) groups excluding carboxylic acids is 1. The summed E-state index contributed by atoms with van der Waals surface area (Å²) in [6, 6.07) is 0. The number of allylic oxidation sites excluding steroid dienone is 1. The summed E-state index contributed by atoms with van der Waals surface area (Å²) in [5, 5.41) is 0. The second-order valence-electron chi connectivity index (χ2n) is 4.89. The van der Waals surface area contributed by atoms with E-state index in [2.05, 4.69) is 6.58 Å². The molecule has 0 N–H and O–H groups in total. The van der Waals surface area contributed by atoms with Crippen molar-refractivity contribution < 1.29 is 4.79 Å². The molecular weight excluding hydrogens is 172 g/mol. The lowest BCUT2D eigenvalue weighted by Gasteiger charge is -2.26. The molecule has 0 heterocycles. The number of carbonyl (C=O) groups is 1. The van der Waals surface area contributed by atoms with Gasteiger partial charge in [0, 0.05) is 12.8 Å². The number of ketones is 1. The summed E-state index contributed by atoms with van der Waals surface area (Å²) < 4.78 is 0. The van der Waals surface area contributed by atoms with Crippen molar-refractivity contribution in [3.8, 4) is 0 Å². The van der Waals surface area contributed by atoms with Crippen LogP contribution in [0.25, 0.3) is 0 Å². The van der Waals surface area contributed by atoms with Crippen LogP contribution in [0.2, 0.25) is 0 Å². The fourth-order valence-electron chi connectivity index (χ4n) is 2.97. The second-order valence-corrected chi connectivity index (χ2v) is 4.89. The molecular formula is C13H20O. The van der Waals surface area contributed by atoms with Crippen molar-refractivity contribution in [3.05, 3.63) is 12.2 Å². The molecule has 0 aromatic rings. The molecule has 0 radical (unpaired) electrons. The molecule has 1 heteroatoms. The normalized spacial score (nSPS) is 29.4. The number of rotatable bonds is 2. The highest BCUT2D eigenvalue weighted by molar-refractivity contribution is 5.79. The Balaban J connectivity index is 1.92. The van der Waals surface area contributed by atoms with E-state index in [-0.39, 0.29) is 0 Å². The third-order valence-corrected chi connectivity index (χ3v) is 3.89. The zero-order chi connectivity index (χ0) is 9.97. The summed E-state index contributed by atoms with van der Waals surface area (Å²) in [6.45, 7) is 4.24. The van der Waals surface area contributed by atoms with Gasteiger partial charge in [0.2, 0.25) is 0 Å². The van der Waals surface area contributed by atoms with Crippen LogP contribution in [0.5, 0.6) is 0 Å². The topological polar surface area (TPSA) is 17.1 Å². The third kappa shape index (κ3) is 2.08. The van der Waals surface area contributed by atoms with E-state index in [1.54, 1.807) is 0 Å². The third-order valence-electron chi connectivity index (χ3n) is 3.89. The maximum atomic E-state index is 11.4. The lowest BCUT2D eigenvalue weighted by Crippen LogP contribution is -2.19. The summed E-state index contributed by atoms with van der Waals surface area (Å²) in [6.07, 6.45) is 9.28. The molecule has 1 atom stereocenters. The van der Waals surface area contributed by atoms with E-state index in [1.807, 2.05) is 0 Å².